The summed E-state index contributed by atoms with van der Waals surface area (Å²) in [6.07, 6.45) is 10.2. The van der Waals surface area contributed by atoms with Crippen molar-refractivity contribution in [2.24, 2.45) is 5.92 Å². The van der Waals surface area contributed by atoms with Crippen LogP contribution in [0.4, 0.5) is 0 Å². The van der Waals surface area contributed by atoms with Gasteiger partial charge in [-0.2, -0.15) is 0 Å². The highest BCUT2D eigenvalue weighted by Gasteiger charge is 1.98. The molecule has 0 fully saturated rings. The number of hydrogen-bond donors (Lipinski definition) is 0. The van der Waals surface area contributed by atoms with Crippen molar-refractivity contribution in [3.05, 3.63) is 12.2 Å². The third-order valence-corrected chi connectivity index (χ3v) is 1.74. The highest BCUT2D eigenvalue weighted by molar-refractivity contribution is 4.88. The minimum atomic E-state index is 0.845. The fourth-order valence-corrected chi connectivity index (χ4v) is 1.15. The van der Waals surface area contributed by atoms with E-state index in [1.807, 2.05) is 0 Å². The summed E-state index contributed by atoms with van der Waals surface area (Å²) < 4.78 is 0. The Labute approximate surface area is 51.6 Å². The molecule has 0 heterocycles. The lowest BCUT2D eigenvalue weighted by Crippen LogP contribution is -1.84. The van der Waals surface area contributed by atoms with E-state index in [0.717, 1.165) is 5.92 Å². The number of hydrogen-bond acceptors (Lipinski definition) is 0. The van der Waals surface area contributed by atoms with Crippen LogP contribution in [0, 0.1) is 5.92 Å². The Morgan fingerprint density at radius 1 is 1.38 bits per heavy atom. The second-order valence-corrected chi connectivity index (χ2v) is 2.69. The molecule has 0 aliphatic heterocycles. The Kier molecular flexibility index (Phi) is 2.13. The average Bonchev–Trinajstić information content (AvgIpc) is 1.94. The smallest absolute Gasteiger partial charge is 0.0262 e. The van der Waals surface area contributed by atoms with Gasteiger partial charge in [0.1, 0.15) is 0 Å². The van der Waals surface area contributed by atoms with E-state index in [2.05, 4.69) is 19.1 Å². The van der Waals surface area contributed by atoms with Crippen molar-refractivity contribution in [1.82, 2.24) is 0 Å². The van der Waals surface area contributed by atoms with E-state index in [1.54, 1.807) is 0 Å². The summed E-state index contributed by atoms with van der Waals surface area (Å²) in [5.74, 6) is 0.845. The highest BCUT2D eigenvalue weighted by atomic mass is 14.0. The molecule has 0 nitrogen and oxygen atoms in total. The standard InChI is InChI=1S/C8H14/c1-8-6-4-2-3-5-7-8/h4,6,8H,2-3,5,7H2,1H3. The number of rotatable bonds is 0. The summed E-state index contributed by atoms with van der Waals surface area (Å²) in [6, 6.07) is 0. The van der Waals surface area contributed by atoms with Crippen LogP contribution < -0.4 is 0 Å². The summed E-state index contributed by atoms with van der Waals surface area (Å²) in [6.45, 7) is 2.29. The van der Waals surface area contributed by atoms with Gasteiger partial charge in [-0.15, -0.1) is 0 Å². The lowest BCUT2D eigenvalue weighted by atomic mass is 10.1. The van der Waals surface area contributed by atoms with Crippen LogP contribution in [0.2, 0.25) is 0 Å². The van der Waals surface area contributed by atoms with Crippen LogP contribution in [0.3, 0.4) is 0 Å². The van der Waals surface area contributed by atoms with Gasteiger partial charge in [0.25, 0.3) is 0 Å². The van der Waals surface area contributed by atoms with E-state index < -0.39 is 0 Å². The minimum Gasteiger partial charge on any atom is -0.0883 e. The largest absolute Gasteiger partial charge is 0.0883 e. The van der Waals surface area contributed by atoms with E-state index in [4.69, 9.17) is 0 Å². The molecule has 0 saturated carbocycles. The van der Waals surface area contributed by atoms with Gasteiger partial charge in [-0.1, -0.05) is 25.5 Å². The molecule has 1 aliphatic rings. The van der Waals surface area contributed by atoms with Crippen molar-refractivity contribution in [3.63, 3.8) is 0 Å². The molecule has 1 unspecified atom stereocenters. The third kappa shape index (κ3) is 1.69. The van der Waals surface area contributed by atoms with Crippen LogP contribution in [0.15, 0.2) is 12.2 Å². The fraction of sp³-hybridized carbons (Fsp3) is 0.750. The summed E-state index contributed by atoms with van der Waals surface area (Å²) in [4.78, 5) is 0. The normalized spacial score (nSPS) is 29.9. The van der Waals surface area contributed by atoms with Crippen molar-refractivity contribution >= 4 is 0 Å². The van der Waals surface area contributed by atoms with Crippen LogP contribution in [0.5, 0.6) is 0 Å². The van der Waals surface area contributed by atoms with Gasteiger partial charge in [0.05, 0.1) is 0 Å². The van der Waals surface area contributed by atoms with Crippen LogP contribution in [0.1, 0.15) is 32.6 Å². The first-order valence-electron chi connectivity index (χ1n) is 3.56. The van der Waals surface area contributed by atoms with Crippen molar-refractivity contribution in [3.8, 4) is 0 Å². The van der Waals surface area contributed by atoms with Gasteiger partial charge < -0.3 is 0 Å². The molecular weight excluding hydrogens is 96.1 g/mol. The maximum atomic E-state index is 2.34. The van der Waals surface area contributed by atoms with Crippen molar-refractivity contribution < 1.29 is 0 Å². The SMILES string of the molecule is CC1C=CCCCC1. The van der Waals surface area contributed by atoms with Crippen molar-refractivity contribution in [2.45, 2.75) is 32.6 Å². The van der Waals surface area contributed by atoms with Crippen LogP contribution in [-0.2, 0) is 0 Å². The Morgan fingerprint density at radius 3 is 3.12 bits per heavy atom. The van der Waals surface area contributed by atoms with E-state index in [1.165, 1.54) is 25.7 Å². The van der Waals surface area contributed by atoms with Gasteiger partial charge in [0.2, 0.25) is 0 Å². The number of allylic oxidation sites excluding steroid dienone is 2. The quantitative estimate of drug-likeness (QED) is 0.420. The van der Waals surface area contributed by atoms with Gasteiger partial charge in [-0.05, 0) is 25.2 Å². The predicted molar refractivity (Wildman–Crippen MR) is 36.8 cm³/mol. The van der Waals surface area contributed by atoms with Gasteiger partial charge in [-0.3, -0.25) is 0 Å². The predicted octanol–water partition coefficient (Wildman–Crippen LogP) is 2.75. The monoisotopic (exact) mass is 110 g/mol. The molecule has 1 rings (SSSR count). The maximum absolute atomic E-state index is 2.34. The lowest BCUT2D eigenvalue weighted by Gasteiger charge is -1.98. The van der Waals surface area contributed by atoms with Gasteiger partial charge in [0.15, 0.2) is 0 Å². The first kappa shape index (κ1) is 5.87. The molecule has 0 heteroatoms. The van der Waals surface area contributed by atoms with Crippen LogP contribution >= 0.6 is 0 Å². The van der Waals surface area contributed by atoms with Gasteiger partial charge >= 0.3 is 0 Å². The molecule has 8 heavy (non-hydrogen) atoms. The molecule has 1 atom stereocenters. The summed E-state index contributed by atoms with van der Waals surface area (Å²) in [7, 11) is 0. The molecule has 0 saturated heterocycles. The lowest BCUT2D eigenvalue weighted by molar-refractivity contribution is 0.605. The van der Waals surface area contributed by atoms with Crippen molar-refractivity contribution in [2.75, 3.05) is 0 Å². The van der Waals surface area contributed by atoms with E-state index in [9.17, 15) is 0 Å². The van der Waals surface area contributed by atoms with E-state index >= 15 is 0 Å². The summed E-state index contributed by atoms with van der Waals surface area (Å²) >= 11 is 0. The highest BCUT2D eigenvalue weighted by Crippen LogP contribution is 2.15. The van der Waals surface area contributed by atoms with Crippen molar-refractivity contribution in [1.29, 1.82) is 0 Å². The zero-order valence-corrected chi connectivity index (χ0v) is 5.56. The molecule has 0 bridgehead atoms. The first-order chi connectivity index (χ1) is 3.89. The zero-order valence-electron chi connectivity index (χ0n) is 5.56. The molecule has 46 valence electrons. The fourth-order valence-electron chi connectivity index (χ4n) is 1.15. The summed E-state index contributed by atoms with van der Waals surface area (Å²) in [5.41, 5.74) is 0. The zero-order chi connectivity index (χ0) is 5.82. The Balaban J connectivity index is 2.33. The third-order valence-electron chi connectivity index (χ3n) is 1.74. The molecule has 0 N–H and O–H groups in total. The van der Waals surface area contributed by atoms with E-state index in [0.29, 0.717) is 0 Å². The Morgan fingerprint density at radius 2 is 2.25 bits per heavy atom. The molecule has 0 spiro atoms. The molecule has 0 aromatic heterocycles. The second kappa shape index (κ2) is 2.91. The average molecular weight is 110 g/mol. The molecule has 0 aromatic carbocycles. The Hall–Kier alpha value is -0.260. The van der Waals surface area contributed by atoms with Gasteiger partial charge in [-0.25, -0.2) is 0 Å². The molecule has 0 radical (unpaired) electrons. The van der Waals surface area contributed by atoms with Crippen LogP contribution in [-0.4, -0.2) is 0 Å². The molecule has 0 aromatic rings. The topological polar surface area (TPSA) is 0 Å². The second-order valence-electron chi connectivity index (χ2n) is 2.69. The van der Waals surface area contributed by atoms with E-state index in [-0.39, 0.29) is 0 Å². The molecular formula is C8H14. The van der Waals surface area contributed by atoms with Gasteiger partial charge in [0, 0.05) is 0 Å². The molecule has 0 amide bonds. The maximum Gasteiger partial charge on any atom is -0.0262 e. The summed E-state index contributed by atoms with van der Waals surface area (Å²) in [5, 5.41) is 0. The van der Waals surface area contributed by atoms with Crippen LogP contribution in [0.25, 0.3) is 0 Å². The Bertz CT molecular complexity index is 82.0. The minimum absolute atomic E-state index is 0.845. The molecule has 1 aliphatic carbocycles. The first-order valence-corrected chi connectivity index (χ1v) is 3.56.